The molecule has 6 rings (SSSR count). The first-order chi connectivity index (χ1) is 24.7. The molecule has 2 unspecified atom stereocenters. The molecule has 50 heavy (non-hydrogen) atoms. The minimum Gasteiger partial charge on any atom is -0.505 e. The first-order valence-corrected chi connectivity index (χ1v) is 17.6. The Morgan fingerprint density at radius 1 is 0.640 bits per heavy atom. The second-order valence-corrected chi connectivity index (χ2v) is 15.0. The first kappa shape index (κ1) is 31.8. The van der Waals surface area contributed by atoms with Crippen molar-refractivity contribution in [3.63, 3.8) is 0 Å². The van der Waals surface area contributed by atoms with Gasteiger partial charge < -0.3 is 19.7 Å². The van der Waals surface area contributed by atoms with E-state index in [0.717, 1.165) is 0 Å². The molecule has 4 aromatic rings. The maximum absolute atomic E-state index is 13.5. The number of hydrogen-bond acceptors (Lipinski definition) is 12. The number of hydrogen-bond donors (Lipinski definition) is 6. The molecule has 0 bridgehead atoms. The standard InChI is InChI=1S/C34H30N4O10S2/c1-47-29-15-19(11-13-25(29)33(49(41,42)43)17-27(37-35)31(39)21-7-3-5-9-23(21)33)20-12-14-26(30(16-20)48-2)34(50(44,45)46)18-28(38-36)32(40)22-8-4-6-10-24(22)34/h3-16,35-36,39-40H,17-18H2,1-2H3,(H,41,42,43)(H,44,45,46)/b37-35+,38-36+. The highest BCUT2D eigenvalue weighted by molar-refractivity contribution is 7.87. The Morgan fingerprint density at radius 2 is 1.02 bits per heavy atom. The summed E-state index contributed by atoms with van der Waals surface area (Å²) in [5, 5.41) is 29.1. The van der Waals surface area contributed by atoms with Crippen molar-refractivity contribution < 1.29 is 48.5 Å². The summed E-state index contributed by atoms with van der Waals surface area (Å²) in [4.78, 5) is 0. The number of aliphatic hydroxyl groups excluding tert-OH is 2. The van der Waals surface area contributed by atoms with Gasteiger partial charge in [0.2, 0.25) is 2.82 Å². The molecule has 0 amide bonds. The van der Waals surface area contributed by atoms with Crippen LogP contribution in [0.5, 0.6) is 11.5 Å². The van der Waals surface area contributed by atoms with Crippen LogP contribution in [0.25, 0.3) is 22.6 Å². The topological polar surface area (TPSA) is 240 Å². The van der Waals surface area contributed by atoms with Crippen LogP contribution < -0.4 is 9.47 Å². The molecule has 16 heteroatoms. The van der Waals surface area contributed by atoms with E-state index < -0.39 is 54.1 Å². The summed E-state index contributed by atoms with van der Waals surface area (Å²) in [7, 11) is -7.54. The molecule has 14 nitrogen and oxygen atoms in total. The van der Waals surface area contributed by atoms with E-state index in [1.165, 1.54) is 87.0 Å². The van der Waals surface area contributed by atoms with Crippen molar-refractivity contribution in [1.29, 1.82) is 11.0 Å². The van der Waals surface area contributed by atoms with Gasteiger partial charge in [0, 0.05) is 35.1 Å². The van der Waals surface area contributed by atoms with Gasteiger partial charge in [-0.25, -0.2) is 11.0 Å². The molecule has 0 saturated carbocycles. The van der Waals surface area contributed by atoms with Crippen molar-refractivity contribution in [1.82, 2.24) is 0 Å². The summed E-state index contributed by atoms with van der Waals surface area (Å²) in [5.74, 6) is -0.814. The van der Waals surface area contributed by atoms with Crippen LogP contribution in [0.15, 0.2) is 107 Å². The third-order valence-electron chi connectivity index (χ3n) is 9.34. The Kier molecular flexibility index (Phi) is 7.75. The SMILES string of the molecule is [H]/N=N/C1=C(O)c2ccccc2C(c2ccc(-c3ccc(C4(S(=O)(=O)O)CC(/N=N/[H])=C(O)c5ccccc54)c(OC)c3)cc2OC)(S(=O)(=O)O)C1. The van der Waals surface area contributed by atoms with Gasteiger partial charge in [-0.1, -0.05) is 72.8 Å². The zero-order chi connectivity index (χ0) is 37.6. The number of rotatable bonds is 9. The second kappa shape index (κ2) is 12.2. The van der Waals surface area contributed by atoms with Gasteiger partial charge >= 0.3 is 0 Å². The van der Waals surface area contributed by atoms with E-state index in [4.69, 9.17) is 12.3 Å². The van der Waals surface area contributed by atoms with Crippen LogP contribution in [0, 0.1) is 11.0 Å². The number of aliphatic hydroxyl groups is 2. The molecule has 0 heterocycles. The largest absolute Gasteiger partial charge is 0.505 e. The van der Waals surface area contributed by atoms with Gasteiger partial charge in [-0.05, 0) is 34.4 Å². The number of methoxy groups -OCH3 is 2. The number of ether oxygens (including phenoxy) is 2. The summed E-state index contributed by atoms with van der Waals surface area (Å²) in [6.07, 6.45) is -1.19. The summed E-state index contributed by atoms with van der Waals surface area (Å²) in [6, 6.07) is 20.8. The first-order valence-electron chi connectivity index (χ1n) is 15.6. The average molecular weight is 719 g/mol. The maximum atomic E-state index is 13.5. The van der Waals surface area contributed by atoms with Crippen molar-refractivity contribution in [2.45, 2.75) is 22.3 Å². The van der Waals surface area contributed by atoms with E-state index in [0.29, 0.717) is 11.1 Å². The lowest BCUT2D eigenvalue weighted by atomic mass is 9.78. The molecule has 2 aliphatic rings. The highest BCUT2D eigenvalue weighted by atomic mass is 32.2. The zero-order valence-electron chi connectivity index (χ0n) is 28.3. The van der Waals surface area contributed by atoms with Crippen molar-refractivity contribution in [2.75, 3.05) is 14.2 Å². The van der Waals surface area contributed by atoms with E-state index >= 15 is 0 Å². The molecule has 6 N–H and O–H groups in total. The average Bonchev–Trinajstić information content (AvgIpc) is 3.13. The van der Waals surface area contributed by atoms with Gasteiger partial charge in [0.15, 0.2) is 9.49 Å². The van der Waals surface area contributed by atoms with E-state index in [-0.39, 0.29) is 56.3 Å². The number of fused-ring (bicyclic) bond motifs is 2. The molecule has 0 spiro atoms. The molecule has 0 fully saturated rings. The smallest absolute Gasteiger partial charge is 0.279 e. The second-order valence-electron chi connectivity index (χ2n) is 11.7. The fourth-order valence-electron chi connectivity index (χ4n) is 7.02. The minimum absolute atomic E-state index is 0.00172. The van der Waals surface area contributed by atoms with Crippen LogP contribution in [-0.2, 0) is 29.7 Å². The van der Waals surface area contributed by atoms with Crippen LogP contribution in [0.4, 0.5) is 0 Å². The monoisotopic (exact) mass is 718 g/mol. The number of nitrogens with one attached hydrogen (secondary N) is 2. The van der Waals surface area contributed by atoms with Crippen LogP contribution in [0.3, 0.4) is 0 Å². The molecule has 0 aliphatic heterocycles. The van der Waals surface area contributed by atoms with Crippen LogP contribution >= 0.6 is 0 Å². The van der Waals surface area contributed by atoms with E-state index in [9.17, 15) is 36.2 Å². The van der Waals surface area contributed by atoms with Crippen molar-refractivity contribution in [3.8, 4) is 22.6 Å². The maximum Gasteiger partial charge on any atom is 0.279 e. The number of nitrogens with zero attached hydrogens (tertiary/aromatic N) is 2. The molecule has 0 saturated heterocycles. The number of benzene rings is 4. The van der Waals surface area contributed by atoms with Crippen LogP contribution in [0.2, 0.25) is 2.82 Å². The Labute approximate surface area is 289 Å². The third kappa shape index (κ3) is 4.90. The van der Waals surface area contributed by atoms with Crippen molar-refractivity contribution in [3.05, 3.63) is 130 Å². The fraction of sp³-hybridized carbons (Fsp3) is 0.176. The van der Waals surface area contributed by atoms with Crippen molar-refractivity contribution >= 4 is 31.8 Å². The molecule has 0 radical (unpaired) electrons. The highest BCUT2D eigenvalue weighted by Crippen LogP contribution is 2.54. The van der Waals surface area contributed by atoms with Crippen LogP contribution in [-0.4, -0.2) is 50.4 Å². The minimum atomic E-state index is -5.06. The predicted octanol–water partition coefficient (Wildman–Crippen LogP) is 6.96. The number of allylic oxidation sites excluding steroid dienone is 2. The van der Waals surface area contributed by atoms with Gasteiger partial charge in [0.1, 0.15) is 34.4 Å². The molecular weight excluding hydrogens is 689 g/mol. The van der Waals surface area contributed by atoms with Gasteiger partial charge in [-0.15, -0.1) is 0 Å². The lowest BCUT2D eigenvalue weighted by Crippen LogP contribution is -2.40. The van der Waals surface area contributed by atoms with E-state index in [1.54, 1.807) is 12.1 Å². The quantitative estimate of drug-likeness (QED) is 0.0768. The normalized spacial score (nSPS) is 21.5. The molecule has 0 aromatic heterocycles. The van der Waals surface area contributed by atoms with Gasteiger partial charge in [-0.3, -0.25) is 9.11 Å². The summed E-state index contributed by atoms with van der Waals surface area (Å²) < 4.78 is 96.9. The summed E-state index contributed by atoms with van der Waals surface area (Å²) >= 11 is 0. The van der Waals surface area contributed by atoms with Crippen molar-refractivity contribution in [2.24, 2.45) is 10.2 Å². The highest BCUT2D eigenvalue weighted by Gasteiger charge is 2.54. The summed E-state index contributed by atoms with van der Waals surface area (Å²) in [6.45, 7) is 0. The fourth-order valence-corrected chi connectivity index (χ4v) is 9.46. The molecule has 2 aliphatic carbocycles. The van der Waals surface area contributed by atoms with Gasteiger partial charge in [0.25, 0.3) is 20.2 Å². The predicted molar refractivity (Wildman–Crippen MR) is 181 cm³/mol. The van der Waals surface area contributed by atoms with E-state index in [1.807, 2.05) is 0 Å². The molecule has 258 valence electrons. The molecule has 4 aromatic carbocycles. The van der Waals surface area contributed by atoms with Gasteiger partial charge in [-0.2, -0.15) is 27.1 Å². The Morgan fingerprint density at radius 3 is 1.36 bits per heavy atom. The Balaban J connectivity index is 1.55. The van der Waals surface area contributed by atoms with Crippen LogP contribution in [0.1, 0.15) is 46.2 Å². The summed E-state index contributed by atoms with van der Waals surface area (Å²) in [5.41, 5.74) is 6.41. The molecular formula is C34H30N4O10S2. The lowest BCUT2D eigenvalue weighted by molar-refractivity contribution is 0.391. The van der Waals surface area contributed by atoms with E-state index in [2.05, 4.69) is 21.3 Å². The zero-order valence-corrected chi connectivity index (χ0v) is 28.0. The molecule has 2 atom stereocenters. The Hall–Kier alpha value is -5.42. The Bertz CT molecular complexity index is 2300. The van der Waals surface area contributed by atoms with Gasteiger partial charge in [0.05, 0.1) is 14.2 Å². The third-order valence-corrected chi connectivity index (χ3v) is 12.3. The lowest BCUT2D eigenvalue weighted by Gasteiger charge is -2.37.